The van der Waals surface area contributed by atoms with Crippen molar-refractivity contribution < 1.29 is 14.3 Å². The Morgan fingerprint density at radius 2 is 1.85 bits per heavy atom. The van der Waals surface area contributed by atoms with Crippen molar-refractivity contribution in [3.05, 3.63) is 60.4 Å². The van der Waals surface area contributed by atoms with Crippen molar-refractivity contribution in [1.29, 1.82) is 0 Å². The van der Waals surface area contributed by atoms with Crippen LogP contribution in [-0.2, 0) is 4.74 Å². The van der Waals surface area contributed by atoms with Crippen molar-refractivity contribution in [1.82, 2.24) is 9.97 Å². The number of hydrogen-bond donors (Lipinski definition) is 1. The molecule has 1 aromatic carbocycles. The van der Waals surface area contributed by atoms with Gasteiger partial charge < -0.3 is 14.8 Å². The molecule has 0 saturated heterocycles. The van der Waals surface area contributed by atoms with Gasteiger partial charge in [0.25, 0.3) is 5.91 Å². The fourth-order valence-corrected chi connectivity index (χ4v) is 2.49. The largest absolute Gasteiger partial charge is 0.475 e. The molecule has 0 spiro atoms. The summed E-state index contributed by atoms with van der Waals surface area (Å²) in [5.74, 6) is 0.208. The van der Waals surface area contributed by atoms with Gasteiger partial charge in [-0.2, -0.15) is 0 Å². The lowest BCUT2D eigenvalue weighted by molar-refractivity contribution is -0.0168. The molecule has 0 bridgehead atoms. The lowest BCUT2D eigenvalue weighted by Crippen LogP contribution is -2.22. The smallest absolute Gasteiger partial charge is 0.257 e. The topological polar surface area (TPSA) is 73.3 Å². The molecule has 1 N–H and O–H groups in total. The Labute approximate surface area is 158 Å². The second-order valence-electron chi connectivity index (χ2n) is 7.03. The number of fused-ring (bicyclic) bond motifs is 1. The Morgan fingerprint density at radius 1 is 1.04 bits per heavy atom. The summed E-state index contributed by atoms with van der Waals surface area (Å²) in [7, 11) is 0. The molecular weight excluding hydrogens is 342 g/mol. The minimum absolute atomic E-state index is 0.199. The number of amides is 1. The number of pyridine rings is 2. The van der Waals surface area contributed by atoms with E-state index in [1.165, 1.54) is 6.20 Å². The first-order valence-electron chi connectivity index (χ1n) is 8.80. The summed E-state index contributed by atoms with van der Waals surface area (Å²) in [6.07, 6.45) is 3.20. The van der Waals surface area contributed by atoms with Crippen molar-refractivity contribution in [3.8, 4) is 5.88 Å². The maximum atomic E-state index is 12.5. The first kappa shape index (κ1) is 18.8. The quantitative estimate of drug-likeness (QED) is 0.667. The number of aromatic nitrogens is 2. The molecule has 3 rings (SSSR count). The van der Waals surface area contributed by atoms with Gasteiger partial charge in [0.05, 0.1) is 29.0 Å². The van der Waals surface area contributed by atoms with Gasteiger partial charge in [0.1, 0.15) is 6.61 Å². The summed E-state index contributed by atoms with van der Waals surface area (Å²) in [6.45, 7) is 6.84. The molecule has 0 radical (unpaired) electrons. The van der Waals surface area contributed by atoms with Crippen LogP contribution in [0.1, 0.15) is 31.1 Å². The Balaban J connectivity index is 1.60. The molecule has 0 unspecified atom stereocenters. The number of hydrogen-bond acceptors (Lipinski definition) is 5. The molecule has 0 aliphatic carbocycles. The summed E-state index contributed by atoms with van der Waals surface area (Å²) >= 11 is 0. The molecular formula is C21H23N3O3. The van der Waals surface area contributed by atoms with E-state index in [1.807, 2.05) is 51.1 Å². The highest BCUT2D eigenvalue weighted by Crippen LogP contribution is 2.21. The van der Waals surface area contributed by atoms with Crippen LogP contribution in [0.4, 0.5) is 5.69 Å². The first-order valence-corrected chi connectivity index (χ1v) is 8.80. The van der Waals surface area contributed by atoms with E-state index in [-0.39, 0.29) is 11.5 Å². The molecule has 140 valence electrons. The monoisotopic (exact) mass is 365 g/mol. The molecule has 0 aliphatic rings. The summed E-state index contributed by atoms with van der Waals surface area (Å²) < 4.78 is 11.1. The van der Waals surface area contributed by atoms with E-state index < -0.39 is 0 Å². The first-order chi connectivity index (χ1) is 12.9. The summed E-state index contributed by atoms with van der Waals surface area (Å²) in [5.41, 5.74) is 1.66. The van der Waals surface area contributed by atoms with Gasteiger partial charge in [-0.1, -0.05) is 18.2 Å². The molecule has 0 fully saturated rings. The lowest BCUT2D eigenvalue weighted by Gasteiger charge is -2.19. The fourth-order valence-electron chi connectivity index (χ4n) is 2.49. The van der Waals surface area contributed by atoms with Gasteiger partial charge in [-0.3, -0.25) is 9.78 Å². The van der Waals surface area contributed by atoms with Gasteiger partial charge in [-0.25, -0.2) is 4.98 Å². The van der Waals surface area contributed by atoms with Crippen LogP contribution in [-0.4, -0.2) is 34.7 Å². The molecule has 2 aromatic heterocycles. The number of nitrogens with zero attached hydrogens (tertiary/aromatic N) is 2. The predicted octanol–water partition coefficient (Wildman–Crippen LogP) is 4.08. The number of carbonyl (C=O) groups excluding carboxylic acids is 1. The van der Waals surface area contributed by atoms with Gasteiger partial charge in [0, 0.05) is 23.8 Å². The number of carbonyl (C=O) groups is 1. The highest BCUT2D eigenvalue weighted by Gasteiger charge is 2.11. The molecule has 3 aromatic rings. The predicted molar refractivity (Wildman–Crippen MR) is 105 cm³/mol. The van der Waals surface area contributed by atoms with E-state index >= 15 is 0 Å². The SMILES string of the molecule is CC(C)(C)OCCOc1ccc(C(=O)Nc2cccc3cccnc23)cn1. The number of anilines is 1. The summed E-state index contributed by atoms with van der Waals surface area (Å²) in [5, 5.41) is 3.85. The van der Waals surface area contributed by atoms with E-state index in [1.54, 1.807) is 18.3 Å². The highest BCUT2D eigenvalue weighted by molar-refractivity contribution is 6.08. The Morgan fingerprint density at radius 3 is 2.59 bits per heavy atom. The number of rotatable bonds is 6. The molecule has 0 aliphatic heterocycles. The molecule has 27 heavy (non-hydrogen) atoms. The maximum Gasteiger partial charge on any atom is 0.257 e. The Bertz CT molecular complexity index is 913. The zero-order valence-corrected chi connectivity index (χ0v) is 15.7. The summed E-state index contributed by atoms with van der Waals surface area (Å²) in [6, 6.07) is 12.8. The zero-order chi connectivity index (χ0) is 19.3. The number of nitrogens with one attached hydrogen (secondary N) is 1. The third kappa shape index (κ3) is 5.24. The van der Waals surface area contributed by atoms with Crippen LogP contribution in [0.5, 0.6) is 5.88 Å². The van der Waals surface area contributed by atoms with Gasteiger partial charge in [0.2, 0.25) is 5.88 Å². The van der Waals surface area contributed by atoms with Crippen molar-refractivity contribution in [2.45, 2.75) is 26.4 Å². The minimum atomic E-state index is -0.247. The summed E-state index contributed by atoms with van der Waals surface area (Å²) in [4.78, 5) is 21.0. The van der Waals surface area contributed by atoms with Crippen LogP contribution in [0.3, 0.4) is 0 Å². The Hall–Kier alpha value is -2.99. The third-order valence-electron chi connectivity index (χ3n) is 3.75. The van der Waals surface area contributed by atoms with Crippen LogP contribution >= 0.6 is 0 Å². The molecule has 6 nitrogen and oxygen atoms in total. The number of ether oxygens (including phenoxy) is 2. The van der Waals surface area contributed by atoms with Crippen molar-refractivity contribution in [2.75, 3.05) is 18.5 Å². The average Bonchev–Trinajstić information content (AvgIpc) is 2.65. The van der Waals surface area contributed by atoms with Gasteiger partial charge in [-0.05, 0) is 39.0 Å². The average molecular weight is 365 g/mol. The van der Waals surface area contributed by atoms with Crippen LogP contribution in [0.2, 0.25) is 0 Å². The normalized spacial score (nSPS) is 11.4. The van der Waals surface area contributed by atoms with Crippen molar-refractivity contribution >= 4 is 22.5 Å². The number of benzene rings is 1. The van der Waals surface area contributed by atoms with Crippen LogP contribution in [0, 0.1) is 0 Å². The van der Waals surface area contributed by atoms with E-state index in [0.29, 0.717) is 30.3 Å². The number of para-hydroxylation sites is 1. The van der Waals surface area contributed by atoms with Crippen LogP contribution in [0.25, 0.3) is 10.9 Å². The van der Waals surface area contributed by atoms with Gasteiger partial charge >= 0.3 is 0 Å². The van der Waals surface area contributed by atoms with Crippen molar-refractivity contribution in [2.24, 2.45) is 0 Å². The molecule has 0 saturated carbocycles. The van der Waals surface area contributed by atoms with E-state index in [4.69, 9.17) is 9.47 Å². The fraction of sp³-hybridized carbons (Fsp3) is 0.286. The van der Waals surface area contributed by atoms with Crippen LogP contribution in [0.15, 0.2) is 54.9 Å². The van der Waals surface area contributed by atoms with Gasteiger partial charge in [-0.15, -0.1) is 0 Å². The lowest BCUT2D eigenvalue weighted by atomic mass is 10.2. The minimum Gasteiger partial charge on any atom is -0.475 e. The van der Waals surface area contributed by atoms with Crippen LogP contribution < -0.4 is 10.1 Å². The third-order valence-corrected chi connectivity index (χ3v) is 3.75. The van der Waals surface area contributed by atoms with Crippen molar-refractivity contribution in [3.63, 3.8) is 0 Å². The zero-order valence-electron chi connectivity index (χ0n) is 15.7. The molecule has 6 heteroatoms. The second-order valence-corrected chi connectivity index (χ2v) is 7.03. The maximum absolute atomic E-state index is 12.5. The molecule has 0 atom stereocenters. The second kappa shape index (κ2) is 8.14. The van der Waals surface area contributed by atoms with E-state index in [0.717, 1.165) is 10.9 Å². The standard InChI is InChI=1S/C21H23N3O3/c1-21(2,3)27-13-12-26-18-10-9-16(14-23-18)20(25)24-17-8-4-6-15-7-5-11-22-19(15)17/h4-11,14H,12-13H2,1-3H3,(H,24,25). The van der Waals surface area contributed by atoms with E-state index in [2.05, 4.69) is 15.3 Å². The Kier molecular flexibility index (Phi) is 5.66. The molecule has 1 amide bonds. The molecule has 2 heterocycles. The highest BCUT2D eigenvalue weighted by atomic mass is 16.5. The van der Waals surface area contributed by atoms with E-state index in [9.17, 15) is 4.79 Å². The van der Waals surface area contributed by atoms with Gasteiger partial charge in [0.15, 0.2) is 0 Å².